The summed E-state index contributed by atoms with van der Waals surface area (Å²) in [6.45, 7) is 0. The highest BCUT2D eigenvalue weighted by atomic mass is 16.3. The van der Waals surface area contributed by atoms with E-state index in [9.17, 15) is 0 Å². The molecule has 0 radical (unpaired) electrons. The molecule has 0 aliphatic carbocycles. The van der Waals surface area contributed by atoms with Crippen molar-refractivity contribution in [2.75, 3.05) is 0 Å². The van der Waals surface area contributed by atoms with E-state index in [1.807, 2.05) is 18.3 Å². The number of hydrogen-bond acceptors (Lipinski definition) is 3. The van der Waals surface area contributed by atoms with E-state index in [4.69, 9.17) is 14.4 Å². The second kappa shape index (κ2) is 10.8. The van der Waals surface area contributed by atoms with E-state index in [1.165, 1.54) is 32.8 Å². The van der Waals surface area contributed by atoms with Crippen molar-refractivity contribution in [1.29, 1.82) is 0 Å². The summed E-state index contributed by atoms with van der Waals surface area (Å²) in [7, 11) is 0. The van der Waals surface area contributed by atoms with Crippen LogP contribution in [-0.4, -0.2) is 19.1 Å². The highest BCUT2D eigenvalue weighted by molar-refractivity contribution is 6.11. The van der Waals surface area contributed by atoms with E-state index in [0.717, 1.165) is 55.3 Å². The third kappa shape index (κ3) is 4.22. The minimum Gasteiger partial charge on any atom is -0.453 e. The van der Waals surface area contributed by atoms with E-state index in [-0.39, 0.29) is 0 Å². The Bertz CT molecular complexity index is 3090. The van der Waals surface area contributed by atoms with Gasteiger partial charge in [0.25, 0.3) is 0 Å². The molecule has 0 spiro atoms. The average Bonchev–Trinajstić information content (AvgIpc) is 3.85. The molecule has 0 aliphatic rings. The lowest BCUT2D eigenvalue weighted by Crippen LogP contribution is -2.00. The van der Waals surface area contributed by atoms with Gasteiger partial charge in [-0.05, 0) is 70.8 Å². The number of hydrogen-bond donors (Lipinski definition) is 0. The lowest BCUT2D eigenvalue weighted by atomic mass is 10.0. The highest BCUT2D eigenvalue weighted by Crippen LogP contribution is 2.37. The van der Waals surface area contributed by atoms with Crippen LogP contribution in [0.25, 0.3) is 99.6 Å². The van der Waals surface area contributed by atoms with Crippen molar-refractivity contribution in [3.05, 3.63) is 170 Å². The molecule has 0 atom stereocenters. The van der Waals surface area contributed by atoms with Crippen LogP contribution in [0.2, 0.25) is 0 Å². The van der Waals surface area contributed by atoms with E-state index in [2.05, 4.69) is 161 Å². The zero-order valence-electron chi connectivity index (χ0n) is 27.4. The van der Waals surface area contributed by atoms with Gasteiger partial charge in [0.15, 0.2) is 5.58 Å². The summed E-state index contributed by atoms with van der Waals surface area (Å²) in [5.41, 5.74) is 12.4. The monoisotopic (exact) mass is 652 g/mol. The summed E-state index contributed by atoms with van der Waals surface area (Å²) in [5, 5.41) is 5.79. The van der Waals surface area contributed by atoms with Crippen molar-refractivity contribution >= 4 is 65.7 Å². The molecule has 0 N–H and O–H groups in total. The first-order valence-corrected chi connectivity index (χ1v) is 17.2. The fourth-order valence-corrected chi connectivity index (χ4v) is 7.86. The van der Waals surface area contributed by atoms with Gasteiger partial charge in [0.05, 0.1) is 28.3 Å². The Hall–Kier alpha value is -6.98. The molecule has 11 rings (SSSR count). The lowest BCUT2D eigenvalue weighted by molar-refractivity contribution is 0.665. The number of para-hydroxylation sites is 3. The molecule has 0 amide bonds. The SMILES string of the molecule is c1ccc(-c2ccc3c4ccccc4n(-c4ncc5oc6ccc(-c7cccc(-n8c9ccccc9c9ccccc98)c7)cc6c5n4)c3c2)cc1. The van der Waals surface area contributed by atoms with Crippen LogP contribution in [0, 0.1) is 0 Å². The van der Waals surface area contributed by atoms with Gasteiger partial charge in [-0.1, -0.05) is 115 Å². The second-order valence-corrected chi connectivity index (χ2v) is 13.1. The van der Waals surface area contributed by atoms with Crippen LogP contribution in [0.15, 0.2) is 174 Å². The molecule has 7 aromatic carbocycles. The predicted octanol–water partition coefficient (Wildman–Crippen LogP) is 11.9. The van der Waals surface area contributed by atoms with Crippen LogP contribution in [0.5, 0.6) is 0 Å². The first-order valence-electron chi connectivity index (χ1n) is 17.2. The number of fused-ring (bicyclic) bond motifs is 9. The molecule has 4 heterocycles. The Balaban J connectivity index is 1.08. The van der Waals surface area contributed by atoms with Gasteiger partial charge in [-0.2, -0.15) is 0 Å². The Labute approximate surface area is 292 Å². The zero-order valence-corrected chi connectivity index (χ0v) is 27.4. The Kier molecular flexibility index (Phi) is 5.89. The van der Waals surface area contributed by atoms with E-state index in [1.54, 1.807) is 0 Å². The van der Waals surface area contributed by atoms with E-state index < -0.39 is 0 Å². The first kappa shape index (κ1) is 27.9. The smallest absolute Gasteiger partial charge is 0.235 e. The van der Waals surface area contributed by atoms with Crippen molar-refractivity contribution in [2.24, 2.45) is 0 Å². The summed E-state index contributed by atoms with van der Waals surface area (Å²) >= 11 is 0. The summed E-state index contributed by atoms with van der Waals surface area (Å²) in [5.74, 6) is 0.611. The van der Waals surface area contributed by atoms with Crippen molar-refractivity contribution in [3.63, 3.8) is 0 Å². The quantitative estimate of drug-likeness (QED) is 0.190. The molecule has 0 saturated carbocycles. The molecular weight excluding hydrogens is 625 g/mol. The lowest BCUT2D eigenvalue weighted by Gasteiger charge is -2.10. The topological polar surface area (TPSA) is 48.8 Å². The molecule has 0 saturated heterocycles. The van der Waals surface area contributed by atoms with Gasteiger partial charge >= 0.3 is 0 Å². The van der Waals surface area contributed by atoms with Gasteiger partial charge in [-0.3, -0.25) is 4.57 Å². The molecule has 0 bridgehead atoms. The third-order valence-corrected chi connectivity index (χ3v) is 10.2. The van der Waals surface area contributed by atoms with Gasteiger partial charge in [-0.25, -0.2) is 9.97 Å². The van der Waals surface area contributed by atoms with Crippen LogP contribution < -0.4 is 0 Å². The van der Waals surface area contributed by atoms with Crippen LogP contribution >= 0.6 is 0 Å². The molecule has 4 aromatic heterocycles. The summed E-state index contributed by atoms with van der Waals surface area (Å²) in [6.07, 6.45) is 1.81. The summed E-state index contributed by atoms with van der Waals surface area (Å²) in [6, 6.07) is 58.0. The van der Waals surface area contributed by atoms with Gasteiger partial charge in [-0.15, -0.1) is 0 Å². The molecule has 5 heteroatoms. The van der Waals surface area contributed by atoms with Crippen LogP contribution in [0.4, 0.5) is 0 Å². The Morgan fingerprint density at radius 2 is 0.980 bits per heavy atom. The maximum atomic E-state index is 6.31. The maximum absolute atomic E-state index is 6.31. The molecule has 238 valence electrons. The Morgan fingerprint density at radius 1 is 0.392 bits per heavy atom. The number of nitrogens with zero attached hydrogens (tertiary/aromatic N) is 4. The molecule has 0 fully saturated rings. The van der Waals surface area contributed by atoms with Gasteiger partial charge in [0.2, 0.25) is 5.95 Å². The normalized spacial score (nSPS) is 11.9. The minimum atomic E-state index is 0.611. The Morgan fingerprint density at radius 3 is 1.73 bits per heavy atom. The molecule has 0 aliphatic heterocycles. The predicted molar refractivity (Wildman–Crippen MR) is 209 cm³/mol. The fourth-order valence-electron chi connectivity index (χ4n) is 7.86. The highest BCUT2D eigenvalue weighted by Gasteiger charge is 2.18. The fraction of sp³-hybridized carbons (Fsp3) is 0. The van der Waals surface area contributed by atoms with Gasteiger partial charge in [0, 0.05) is 32.6 Å². The van der Waals surface area contributed by atoms with E-state index in [0.29, 0.717) is 11.5 Å². The third-order valence-electron chi connectivity index (χ3n) is 10.2. The summed E-state index contributed by atoms with van der Waals surface area (Å²) < 4.78 is 10.8. The van der Waals surface area contributed by atoms with Gasteiger partial charge in [0.1, 0.15) is 11.1 Å². The van der Waals surface area contributed by atoms with Crippen molar-refractivity contribution in [1.82, 2.24) is 19.1 Å². The van der Waals surface area contributed by atoms with Crippen LogP contribution in [0.1, 0.15) is 0 Å². The molecule has 11 aromatic rings. The summed E-state index contributed by atoms with van der Waals surface area (Å²) in [4.78, 5) is 10.1. The largest absolute Gasteiger partial charge is 0.453 e. The molecule has 51 heavy (non-hydrogen) atoms. The number of benzene rings is 7. The van der Waals surface area contributed by atoms with Crippen molar-refractivity contribution < 1.29 is 4.42 Å². The number of aromatic nitrogens is 4. The van der Waals surface area contributed by atoms with Crippen molar-refractivity contribution in [2.45, 2.75) is 0 Å². The molecule has 5 nitrogen and oxygen atoms in total. The molecule has 0 unspecified atom stereocenters. The second-order valence-electron chi connectivity index (χ2n) is 13.1. The molecular formula is C46H28N4O. The number of rotatable bonds is 4. The zero-order chi connectivity index (χ0) is 33.5. The van der Waals surface area contributed by atoms with Gasteiger partial charge < -0.3 is 8.98 Å². The van der Waals surface area contributed by atoms with Crippen LogP contribution in [0.3, 0.4) is 0 Å². The number of furan rings is 1. The first-order chi connectivity index (χ1) is 25.3. The van der Waals surface area contributed by atoms with Crippen LogP contribution in [-0.2, 0) is 0 Å². The average molecular weight is 653 g/mol. The van der Waals surface area contributed by atoms with E-state index >= 15 is 0 Å². The standard InChI is InChI=1S/C46H28N4O/c1-2-11-29(12-3-1)32-21-23-37-36-17-6-9-20-41(36)50(42(37)27-32)46-47-28-44-45(48-46)38-26-31(22-24-43(38)51-44)30-13-10-14-33(25-30)49-39-18-7-4-15-34(39)35-16-5-8-19-40(35)49/h1-28H. The minimum absolute atomic E-state index is 0.611. The van der Waals surface area contributed by atoms with Crippen molar-refractivity contribution in [3.8, 4) is 33.9 Å². The maximum Gasteiger partial charge on any atom is 0.235 e.